The predicted molar refractivity (Wildman–Crippen MR) is 74.5 cm³/mol. The van der Waals surface area contributed by atoms with Gasteiger partial charge in [-0.3, -0.25) is 4.79 Å². The number of carboxylic acids is 1. The van der Waals surface area contributed by atoms with Crippen LogP contribution in [-0.4, -0.2) is 30.1 Å². The Morgan fingerprint density at radius 3 is 2.38 bits per heavy atom. The Hall–Kier alpha value is -2.89. The number of carboxylic acid groups (broad SMARTS) is 1. The third kappa shape index (κ3) is 5.73. The summed E-state index contributed by atoms with van der Waals surface area (Å²) >= 11 is 0. The Morgan fingerprint density at radius 2 is 1.86 bits per heavy atom. The molecule has 1 aromatic rings. The molecule has 0 spiro atoms. The zero-order valence-corrected chi connectivity index (χ0v) is 11.4. The van der Waals surface area contributed by atoms with Crippen LogP contribution < -0.4 is 4.74 Å². The van der Waals surface area contributed by atoms with Crippen LogP contribution in [0.5, 0.6) is 5.75 Å². The van der Waals surface area contributed by atoms with Crippen molar-refractivity contribution in [2.75, 3.05) is 7.11 Å². The van der Waals surface area contributed by atoms with E-state index in [1.54, 1.807) is 18.2 Å². The van der Waals surface area contributed by atoms with Crippen LogP contribution in [0, 0.1) is 0 Å². The number of carbonyl (C=O) groups is 3. The molecule has 0 fully saturated rings. The highest BCUT2D eigenvalue weighted by Crippen LogP contribution is 2.15. The normalized spacial score (nSPS) is 10.1. The molecule has 0 unspecified atom stereocenters. The number of ether oxygens (including phenoxy) is 2. The molecule has 0 radical (unpaired) electrons. The fourth-order valence-electron chi connectivity index (χ4n) is 1.31. The van der Waals surface area contributed by atoms with Gasteiger partial charge in [-0.25, -0.2) is 9.59 Å². The van der Waals surface area contributed by atoms with Crippen molar-refractivity contribution in [2.24, 2.45) is 0 Å². The van der Waals surface area contributed by atoms with Crippen molar-refractivity contribution in [3.8, 4) is 5.75 Å². The molecule has 0 aliphatic heterocycles. The van der Waals surface area contributed by atoms with Crippen molar-refractivity contribution in [3.63, 3.8) is 0 Å². The third-order valence-corrected chi connectivity index (χ3v) is 2.36. The fraction of sp³-hybridized carbons (Fsp3) is 0.133. The smallest absolute Gasteiger partial charge is 0.339 e. The Labute approximate surface area is 121 Å². The molecular weight excluding hydrogens is 276 g/mol. The van der Waals surface area contributed by atoms with Gasteiger partial charge in [-0.15, -0.1) is 0 Å². The molecule has 1 rings (SSSR count). The van der Waals surface area contributed by atoms with Gasteiger partial charge in [0.15, 0.2) is 0 Å². The number of benzene rings is 1. The lowest BCUT2D eigenvalue weighted by molar-refractivity contribution is -0.138. The maximum atomic E-state index is 11.5. The van der Waals surface area contributed by atoms with Crippen molar-refractivity contribution in [2.45, 2.75) is 6.42 Å². The first kappa shape index (κ1) is 16.2. The van der Waals surface area contributed by atoms with E-state index in [4.69, 9.17) is 9.84 Å². The lowest BCUT2D eigenvalue weighted by Gasteiger charge is -2.05. The summed E-state index contributed by atoms with van der Waals surface area (Å²) in [4.78, 5) is 32.9. The van der Waals surface area contributed by atoms with E-state index < -0.39 is 24.3 Å². The lowest BCUT2D eigenvalue weighted by Crippen LogP contribution is -2.13. The van der Waals surface area contributed by atoms with E-state index in [0.717, 1.165) is 0 Å². The Morgan fingerprint density at radius 1 is 1.24 bits per heavy atom. The highest BCUT2D eigenvalue weighted by Gasteiger charge is 2.13. The van der Waals surface area contributed by atoms with Gasteiger partial charge >= 0.3 is 17.9 Å². The molecule has 0 saturated heterocycles. The molecule has 0 amide bonds. The van der Waals surface area contributed by atoms with E-state index in [9.17, 15) is 14.4 Å². The summed E-state index contributed by atoms with van der Waals surface area (Å²) in [6.07, 6.45) is 2.33. The minimum absolute atomic E-state index is 0.142. The van der Waals surface area contributed by atoms with Crippen LogP contribution in [0.4, 0.5) is 0 Å². The molecule has 0 saturated carbocycles. The number of esters is 2. The Bertz CT molecular complexity index is 583. The van der Waals surface area contributed by atoms with E-state index in [1.807, 2.05) is 0 Å². The van der Waals surface area contributed by atoms with Gasteiger partial charge in [0, 0.05) is 11.6 Å². The quantitative estimate of drug-likeness (QED) is 0.488. The molecule has 6 nitrogen and oxygen atoms in total. The molecule has 21 heavy (non-hydrogen) atoms. The molecule has 0 bridgehead atoms. The number of methoxy groups -OCH3 is 1. The monoisotopic (exact) mass is 290 g/mol. The summed E-state index contributed by atoms with van der Waals surface area (Å²) in [5.74, 6) is -2.17. The van der Waals surface area contributed by atoms with Crippen LogP contribution in [0.1, 0.15) is 12.0 Å². The van der Waals surface area contributed by atoms with E-state index in [0.29, 0.717) is 5.56 Å². The minimum atomic E-state index is -1.15. The second-order valence-electron chi connectivity index (χ2n) is 3.99. The maximum Gasteiger partial charge on any atom is 0.339 e. The second kappa shape index (κ2) is 7.64. The van der Waals surface area contributed by atoms with Gasteiger partial charge < -0.3 is 14.6 Å². The first-order chi connectivity index (χ1) is 9.92. The van der Waals surface area contributed by atoms with Crippen molar-refractivity contribution in [1.29, 1.82) is 0 Å². The van der Waals surface area contributed by atoms with Gasteiger partial charge in [-0.05, 0) is 23.8 Å². The summed E-state index contributed by atoms with van der Waals surface area (Å²) < 4.78 is 9.41. The van der Waals surface area contributed by atoms with Crippen molar-refractivity contribution < 1.29 is 29.0 Å². The van der Waals surface area contributed by atoms with Gasteiger partial charge in [0.05, 0.1) is 13.5 Å². The fourth-order valence-corrected chi connectivity index (χ4v) is 1.31. The average molecular weight is 290 g/mol. The first-order valence-electron chi connectivity index (χ1n) is 5.90. The topological polar surface area (TPSA) is 89.9 Å². The SMILES string of the molecule is C=C(CC(=O)O)C(=O)Oc1ccc(C=CC(=O)OC)cc1. The average Bonchev–Trinajstić information content (AvgIpc) is 2.45. The Kier molecular flexibility index (Phi) is 5.88. The third-order valence-electron chi connectivity index (χ3n) is 2.36. The van der Waals surface area contributed by atoms with Gasteiger partial charge in [0.1, 0.15) is 5.75 Å². The maximum absolute atomic E-state index is 11.5. The van der Waals surface area contributed by atoms with E-state index in [2.05, 4.69) is 11.3 Å². The molecule has 0 heterocycles. The van der Waals surface area contributed by atoms with Crippen LogP contribution in [0.25, 0.3) is 6.08 Å². The van der Waals surface area contributed by atoms with Crippen molar-refractivity contribution >= 4 is 24.0 Å². The van der Waals surface area contributed by atoms with Gasteiger partial charge in [-0.1, -0.05) is 18.7 Å². The summed E-state index contributed by atoms with van der Waals surface area (Å²) in [6, 6.07) is 6.29. The van der Waals surface area contributed by atoms with Crippen molar-refractivity contribution in [1.82, 2.24) is 0 Å². The Balaban J connectivity index is 2.64. The number of aliphatic carboxylic acids is 1. The molecule has 0 aromatic heterocycles. The molecule has 110 valence electrons. The first-order valence-corrected chi connectivity index (χ1v) is 5.90. The molecule has 0 aliphatic carbocycles. The second-order valence-corrected chi connectivity index (χ2v) is 3.99. The molecule has 6 heteroatoms. The molecule has 1 N–H and O–H groups in total. The summed E-state index contributed by atoms with van der Waals surface area (Å²) in [5, 5.41) is 8.55. The molecular formula is C15H14O6. The number of rotatable bonds is 6. The molecule has 1 aromatic carbocycles. The van der Waals surface area contributed by atoms with E-state index in [1.165, 1.54) is 25.3 Å². The zero-order valence-electron chi connectivity index (χ0n) is 11.4. The van der Waals surface area contributed by atoms with Gasteiger partial charge in [0.25, 0.3) is 0 Å². The van der Waals surface area contributed by atoms with E-state index >= 15 is 0 Å². The minimum Gasteiger partial charge on any atom is -0.481 e. The zero-order chi connectivity index (χ0) is 15.8. The number of hydrogen-bond acceptors (Lipinski definition) is 5. The van der Waals surface area contributed by atoms with Crippen LogP contribution in [0.15, 0.2) is 42.5 Å². The van der Waals surface area contributed by atoms with Crippen molar-refractivity contribution in [3.05, 3.63) is 48.1 Å². The summed E-state index contributed by atoms with van der Waals surface area (Å²) in [6.45, 7) is 3.35. The number of carbonyl (C=O) groups excluding carboxylic acids is 2. The van der Waals surface area contributed by atoms with Gasteiger partial charge in [0.2, 0.25) is 0 Å². The number of hydrogen-bond donors (Lipinski definition) is 1. The highest BCUT2D eigenvalue weighted by molar-refractivity contribution is 5.94. The lowest BCUT2D eigenvalue weighted by atomic mass is 10.2. The summed E-state index contributed by atoms with van der Waals surface area (Å²) in [5.41, 5.74) is 0.571. The van der Waals surface area contributed by atoms with Crippen LogP contribution >= 0.6 is 0 Å². The molecule has 0 atom stereocenters. The largest absolute Gasteiger partial charge is 0.481 e. The van der Waals surface area contributed by atoms with Crippen LogP contribution in [0.3, 0.4) is 0 Å². The summed E-state index contributed by atoms with van der Waals surface area (Å²) in [7, 11) is 1.28. The predicted octanol–water partition coefficient (Wildman–Crippen LogP) is 1.81. The highest BCUT2D eigenvalue weighted by atomic mass is 16.5. The van der Waals surface area contributed by atoms with E-state index in [-0.39, 0.29) is 11.3 Å². The van der Waals surface area contributed by atoms with Gasteiger partial charge in [-0.2, -0.15) is 0 Å². The van der Waals surface area contributed by atoms with Crippen LogP contribution in [0.2, 0.25) is 0 Å². The molecule has 0 aliphatic rings. The standard InChI is InChI=1S/C15H14O6/c1-10(9-13(16)17)15(19)21-12-6-3-11(4-7-12)5-8-14(18)20-2/h3-8H,1,9H2,2H3,(H,16,17). The van der Waals surface area contributed by atoms with Crippen LogP contribution in [-0.2, 0) is 19.1 Å².